The minimum Gasteiger partial charge on any atom is -0.378 e. The largest absolute Gasteiger partial charge is 0.378 e. The Bertz CT molecular complexity index is 1180. The van der Waals surface area contributed by atoms with Crippen LogP contribution in [0.1, 0.15) is 45.0 Å². The molecule has 0 radical (unpaired) electrons. The van der Waals surface area contributed by atoms with Crippen molar-refractivity contribution in [1.29, 1.82) is 0 Å². The summed E-state index contributed by atoms with van der Waals surface area (Å²) in [4.78, 5) is 28.9. The van der Waals surface area contributed by atoms with E-state index in [-0.39, 0.29) is 11.8 Å². The number of rotatable bonds is 3. The number of pyridine rings is 1. The van der Waals surface area contributed by atoms with Crippen molar-refractivity contribution in [2.45, 2.75) is 18.8 Å². The second-order valence-corrected chi connectivity index (χ2v) is 8.42. The van der Waals surface area contributed by atoms with Gasteiger partial charge in [0, 0.05) is 32.4 Å². The Kier molecular flexibility index (Phi) is 5.80. The molecule has 9 heteroatoms. The number of carbonyl (C=O) groups is 2. The fraction of sp³-hybridized carbons (Fsp3) is 0.375. The Morgan fingerprint density at radius 2 is 1.61 bits per heavy atom. The number of halogens is 2. The molecule has 2 fully saturated rings. The average Bonchev–Trinajstić information content (AvgIpc) is 3.27. The fourth-order valence-corrected chi connectivity index (χ4v) is 4.63. The van der Waals surface area contributed by atoms with Crippen molar-refractivity contribution in [3.05, 3.63) is 71.1 Å². The molecule has 33 heavy (non-hydrogen) atoms. The first kappa shape index (κ1) is 21.5. The molecule has 2 amide bonds. The zero-order valence-electron chi connectivity index (χ0n) is 18.0. The van der Waals surface area contributed by atoms with Crippen LogP contribution in [-0.2, 0) is 4.74 Å². The van der Waals surface area contributed by atoms with Crippen LogP contribution in [0.5, 0.6) is 0 Å². The van der Waals surface area contributed by atoms with Crippen LogP contribution >= 0.6 is 0 Å². The fourth-order valence-electron chi connectivity index (χ4n) is 4.63. The number of likely N-dealkylation sites (tertiary alicyclic amines) is 1. The summed E-state index contributed by atoms with van der Waals surface area (Å²) in [5.74, 6) is -2.19. The first-order chi connectivity index (χ1) is 16.0. The summed E-state index contributed by atoms with van der Waals surface area (Å²) in [6.07, 6.45) is 4.77. The third kappa shape index (κ3) is 4.08. The minimum absolute atomic E-state index is 0.0576. The molecule has 4 heterocycles. The smallest absolute Gasteiger partial charge is 0.259 e. The SMILES string of the molecule is O=C(c1c(F)cccc1F)N1CCC(c2ccn3ncc(C(=O)N4CCOCC4)c3c2)CC1. The highest BCUT2D eigenvalue weighted by molar-refractivity contribution is 6.00. The molecule has 2 aliphatic rings. The second-order valence-electron chi connectivity index (χ2n) is 8.42. The number of nitrogens with zero attached hydrogens (tertiary/aromatic N) is 4. The molecule has 0 atom stereocenters. The van der Waals surface area contributed by atoms with E-state index in [1.165, 1.54) is 11.0 Å². The van der Waals surface area contributed by atoms with Gasteiger partial charge < -0.3 is 14.5 Å². The maximum atomic E-state index is 14.0. The molecule has 0 unspecified atom stereocenters. The molecule has 2 aromatic heterocycles. The second kappa shape index (κ2) is 8.90. The van der Waals surface area contributed by atoms with E-state index in [1.807, 2.05) is 18.3 Å². The third-order valence-electron chi connectivity index (χ3n) is 6.50. The molecule has 0 bridgehead atoms. The van der Waals surface area contributed by atoms with Gasteiger partial charge in [-0.1, -0.05) is 6.07 Å². The number of piperidine rings is 1. The zero-order chi connectivity index (χ0) is 22.9. The zero-order valence-corrected chi connectivity index (χ0v) is 18.0. The van der Waals surface area contributed by atoms with Crippen molar-refractivity contribution in [2.24, 2.45) is 0 Å². The van der Waals surface area contributed by atoms with E-state index in [0.717, 1.165) is 23.2 Å². The Labute approximate surface area is 189 Å². The van der Waals surface area contributed by atoms with Crippen LogP contribution in [0, 0.1) is 11.6 Å². The van der Waals surface area contributed by atoms with Crippen LogP contribution in [0.3, 0.4) is 0 Å². The van der Waals surface area contributed by atoms with E-state index in [1.54, 1.807) is 15.6 Å². The van der Waals surface area contributed by atoms with Crippen molar-refractivity contribution in [1.82, 2.24) is 19.4 Å². The molecule has 7 nitrogen and oxygen atoms in total. The molecule has 1 aromatic carbocycles. The molecule has 2 aliphatic heterocycles. The number of aromatic nitrogens is 2. The van der Waals surface area contributed by atoms with Crippen molar-refractivity contribution in [3.63, 3.8) is 0 Å². The molecular weight excluding hydrogens is 430 g/mol. The Morgan fingerprint density at radius 3 is 2.30 bits per heavy atom. The van der Waals surface area contributed by atoms with Gasteiger partial charge in [-0.3, -0.25) is 9.59 Å². The highest BCUT2D eigenvalue weighted by atomic mass is 19.1. The predicted octanol–water partition coefficient (Wildman–Crippen LogP) is 3.10. The maximum Gasteiger partial charge on any atom is 0.259 e. The number of fused-ring (bicyclic) bond motifs is 1. The van der Waals surface area contributed by atoms with Crippen LogP contribution in [0.15, 0.2) is 42.7 Å². The molecule has 0 spiro atoms. The summed E-state index contributed by atoms with van der Waals surface area (Å²) in [7, 11) is 0. The predicted molar refractivity (Wildman–Crippen MR) is 116 cm³/mol. The van der Waals surface area contributed by atoms with Gasteiger partial charge >= 0.3 is 0 Å². The maximum absolute atomic E-state index is 14.0. The van der Waals surface area contributed by atoms with Gasteiger partial charge in [0.1, 0.15) is 17.2 Å². The van der Waals surface area contributed by atoms with Crippen molar-refractivity contribution < 1.29 is 23.1 Å². The van der Waals surface area contributed by atoms with E-state index in [4.69, 9.17) is 4.74 Å². The number of benzene rings is 1. The number of hydrogen-bond donors (Lipinski definition) is 0. The Hall–Kier alpha value is -3.33. The Balaban J connectivity index is 1.31. The summed E-state index contributed by atoms with van der Waals surface area (Å²) in [5.41, 5.74) is 1.86. The van der Waals surface area contributed by atoms with Gasteiger partial charge in [-0.25, -0.2) is 13.3 Å². The van der Waals surface area contributed by atoms with Gasteiger partial charge in [0.05, 0.1) is 30.5 Å². The monoisotopic (exact) mass is 454 g/mol. The quantitative estimate of drug-likeness (QED) is 0.610. The van der Waals surface area contributed by atoms with Crippen LogP contribution in [0.4, 0.5) is 8.78 Å². The first-order valence-electron chi connectivity index (χ1n) is 11.1. The van der Waals surface area contributed by atoms with Gasteiger partial charge in [0.2, 0.25) is 0 Å². The van der Waals surface area contributed by atoms with E-state index in [9.17, 15) is 18.4 Å². The van der Waals surface area contributed by atoms with E-state index >= 15 is 0 Å². The Morgan fingerprint density at radius 1 is 0.939 bits per heavy atom. The molecule has 0 N–H and O–H groups in total. The average molecular weight is 454 g/mol. The molecule has 172 valence electrons. The summed E-state index contributed by atoms with van der Waals surface area (Å²) in [6, 6.07) is 7.40. The molecule has 5 rings (SSSR count). The van der Waals surface area contributed by atoms with E-state index < -0.39 is 23.1 Å². The topological polar surface area (TPSA) is 67.2 Å². The lowest BCUT2D eigenvalue weighted by Crippen LogP contribution is -2.40. The number of hydrogen-bond acceptors (Lipinski definition) is 4. The molecule has 0 saturated carbocycles. The number of ether oxygens (including phenoxy) is 1. The van der Waals surface area contributed by atoms with Crippen LogP contribution in [0.2, 0.25) is 0 Å². The lowest BCUT2D eigenvalue weighted by atomic mass is 9.89. The van der Waals surface area contributed by atoms with Crippen LogP contribution in [-0.4, -0.2) is 70.6 Å². The molecule has 2 saturated heterocycles. The van der Waals surface area contributed by atoms with Crippen molar-refractivity contribution >= 4 is 17.3 Å². The van der Waals surface area contributed by atoms with Crippen molar-refractivity contribution in [3.8, 4) is 0 Å². The normalized spacial score (nSPS) is 17.5. The summed E-state index contributed by atoms with van der Waals surface area (Å²) < 4.78 is 35.1. The van der Waals surface area contributed by atoms with E-state index in [0.29, 0.717) is 57.8 Å². The van der Waals surface area contributed by atoms with Crippen LogP contribution < -0.4 is 0 Å². The highest BCUT2D eigenvalue weighted by Crippen LogP contribution is 2.30. The van der Waals surface area contributed by atoms with E-state index in [2.05, 4.69) is 5.10 Å². The first-order valence-corrected chi connectivity index (χ1v) is 11.1. The standard InChI is InChI=1S/C24H24F2N4O3/c25-19-2-1-3-20(26)22(19)24(32)28-7-4-16(5-8-28)17-6-9-30-21(14-17)18(15-27-30)23(31)29-10-12-33-13-11-29/h1-3,6,9,14-16H,4-5,7-8,10-13H2. The lowest BCUT2D eigenvalue weighted by Gasteiger charge is -2.32. The number of carbonyl (C=O) groups excluding carboxylic acids is 2. The molecular formula is C24H24F2N4O3. The van der Waals surface area contributed by atoms with Gasteiger partial charge in [-0.2, -0.15) is 5.10 Å². The number of amides is 2. The highest BCUT2D eigenvalue weighted by Gasteiger charge is 2.29. The summed E-state index contributed by atoms with van der Waals surface area (Å²) >= 11 is 0. The number of morpholine rings is 1. The summed E-state index contributed by atoms with van der Waals surface area (Å²) in [6.45, 7) is 2.99. The van der Waals surface area contributed by atoms with Gasteiger partial charge in [-0.15, -0.1) is 0 Å². The van der Waals surface area contributed by atoms with Crippen LogP contribution in [0.25, 0.3) is 5.52 Å². The molecule has 3 aromatic rings. The minimum atomic E-state index is -0.842. The van der Waals surface area contributed by atoms with Crippen molar-refractivity contribution in [2.75, 3.05) is 39.4 Å². The molecule has 0 aliphatic carbocycles. The lowest BCUT2D eigenvalue weighted by molar-refractivity contribution is 0.0304. The third-order valence-corrected chi connectivity index (χ3v) is 6.50. The van der Waals surface area contributed by atoms with Gasteiger partial charge in [-0.05, 0) is 48.6 Å². The van der Waals surface area contributed by atoms with Gasteiger partial charge in [0.25, 0.3) is 11.8 Å². The summed E-state index contributed by atoms with van der Waals surface area (Å²) in [5, 5.41) is 4.32. The van der Waals surface area contributed by atoms with Gasteiger partial charge in [0.15, 0.2) is 0 Å².